The van der Waals surface area contributed by atoms with E-state index in [1.807, 2.05) is 32.9 Å². The van der Waals surface area contributed by atoms with Gasteiger partial charge in [-0.15, -0.1) is 5.10 Å². The van der Waals surface area contributed by atoms with E-state index in [1.54, 1.807) is 32.9 Å². The molecule has 2 rings (SSSR count). The molecule has 0 aliphatic carbocycles. The Morgan fingerprint density at radius 2 is 1.82 bits per heavy atom. The highest BCUT2D eigenvalue weighted by atomic mass is 32.2. The third-order valence-corrected chi connectivity index (χ3v) is 5.72. The predicted molar refractivity (Wildman–Crippen MR) is 122 cm³/mol. The second kappa shape index (κ2) is 10.8. The number of aryl methyl sites for hydroxylation is 1. The molecule has 182 valence electrons. The number of alkyl carbamates (subject to hydrolysis) is 1. The van der Waals surface area contributed by atoms with Crippen molar-refractivity contribution in [1.82, 2.24) is 15.5 Å². The predicted octanol–water partition coefficient (Wildman–Crippen LogP) is 3.66. The Morgan fingerprint density at radius 3 is 2.42 bits per heavy atom. The van der Waals surface area contributed by atoms with E-state index in [4.69, 9.17) is 9.15 Å². The molecule has 2 aromatic rings. The number of benzene rings is 1. The number of rotatable bonds is 9. The fourth-order valence-corrected chi connectivity index (χ4v) is 3.92. The highest BCUT2D eigenvalue weighted by Crippen LogP contribution is 2.23. The fraction of sp³-hybridized carbons (Fsp3) is 0.545. The number of anilines is 1. The maximum absolute atomic E-state index is 12.7. The Morgan fingerprint density at radius 1 is 1.15 bits per heavy atom. The molecule has 0 saturated carbocycles. The number of nitrogens with zero attached hydrogens (tertiary/aromatic N) is 2. The lowest BCUT2D eigenvalue weighted by atomic mass is 10.0. The molecule has 0 aliphatic heterocycles. The summed E-state index contributed by atoms with van der Waals surface area (Å²) in [4.78, 5) is 24.6. The van der Waals surface area contributed by atoms with Crippen LogP contribution in [-0.4, -0.2) is 42.0 Å². The molecule has 0 fully saturated rings. The Balaban J connectivity index is 2.15. The monoisotopic (exact) mass is 480 g/mol. The first kappa shape index (κ1) is 26.3. The topological polar surface area (TPSA) is 140 Å². The molecule has 1 aromatic heterocycles. The number of carbonyl (C=O) groups excluding carboxylic acids is 2. The Bertz CT molecular complexity index is 1070. The molecule has 0 aliphatic rings. The minimum Gasteiger partial charge on any atom is -0.444 e. The second-order valence-corrected chi connectivity index (χ2v) is 10.9. The van der Waals surface area contributed by atoms with Crippen molar-refractivity contribution >= 4 is 27.5 Å². The van der Waals surface area contributed by atoms with Crippen molar-refractivity contribution in [2.75, 3.05) is 11.1 Å². The van der Waals surface area contributed by atoms with Crippen LogP contribution in [0.1, 0.15) is 65.5 Å². The molecule has 1 atom stereocenters. The molecule has 1 heterocycles. The van der Waals surface area contributed by atoms with Gasteiger partial charge in [0.2, 0.25) is 21.6 Å². The molecule has 33 heavy (non-hydrogen) atoms. The number of carbonyl (C=O) groups is 2. The van der Waals surface area contributed by atoms with Gasteiger partial charge in [-0.2, -0.15) is 0 Å². The fourth-order valence-electron chi connectivity index (χ4n) is 3.00. The number of para-hydroxylation sites is 1. The minimum atomic E-state index is -4.19. The maximum Gasteiger partial charge on any atom is 0.408 e. The molecule has 1 unspecified atom stereocenters. The number of ether oxygens (including phenoxy) is 1. The smallest absolute Gasteiger partial charge is 0.408 e. The quantitative estimate of drug-likeness (QED) is 0.554. The summed E-state index contributed by atoms with van der Waals surface area (Å²) in [5.41, 5.74) is 0.720. The number of sulfone groups is 1. The third kappa shape index (κ3) is 8.16. The normalized spacial score (nSPS) is 12.9. The van der Waals surface area contributed by atoms with Gasteiger partial charge < -0.3 is 19.8 Å². The summed E-state index contributed by atoms with van der Waals surface area (Å²) in [7, 11) is -4.19. The van der Waals surface area contributed by atoms with Crippen molar-refractivity contribution in [3.05, 3.63) is 35.7 Å². The van der Waals surface area contributed by atoms with Gasteiger partial charge in [0.25, 0.3) is 0 Å². The van der Waals surface area contributed by atoms with Crippen molar-refractivity contribution in [2.45, 2.75) is 71.2 Å². The third-order valence-electron chi connectivity index (χ3n) is 4.38. The molecular formula is C22H32N4O6S. The minimum absolute atomic E-state index is 0.0788. The summed E-state index contributed by atoms with van der Waals surface area (Å²) in [6.45, 7) is 11.0. The summed E-state index contributed by atoms with van der Waals surface area (Å²) in [5, 5.41) is 12.0. The molecule has 1 aromatic carbocycles. The number of hydrogen-bond donors (Lipinski definition) is 2. The largest absolute Gasteiger partial charge is 0.444 e. The van der Waals surface area contributed by atoms with E-state index < -0.39 is 44.5 Å². The van der Waals surface area contributed by atoms with E-state index in [2.05, 4.69) is 20.8 Å². The molecule has 0 bridgehead atoms. The van der Waals surface area contributed by atoms with Crippen LogP contribution < -0.4 is 10.6 Å². The van der Waals surface area contributed by atoms with Crippen LogP contribution in [0.5, 0.6) is 0 Å². The number of hydrogen-bond acceptors (Lipinski definition) is 8. The molecule has 2 N–H and O–H groups in total. The van der Waals surface area contributed by atoms with Crippen LogP contribution in [0.4, 0.5) is 10.5 Å². The Kier molecular flexibility index (Phi) is 8.59. The van der Waals surface area contributed by atoms with Crippen LogP contribution in [0.3, 0.4) is 0 Å². The lowest BCUT2D eigenvalue weighted by Crippen LogP contribution is -2.35. The van der Waals surface area contributed by atoms with Gasteiger partial charge in [0.1, 0.15) is 17.4 Å². The Labute approximate surface area is 194 Å². The van der Waals surface area contributed by atoms with Gasteiger partial charge in [-0.1, -0.05) is 44.1 Å². The standard InChI is InChI=1S/C22H32N4O6S/c1-7-15-10-8-9-11-16(15)23-18(27)13-33(29,30)21-26-25-19(31-21)17(12-14(2)3)24-20(28)32-22(4,5)6/h8-11,14,17H,7,12-13H2,1-6H3,(H,23,27)(H,24,28). The number of amides is 2. The van der Waals surface area contributed by atoms with Crippen LogP contribution in [0.15, 0.2) is 33.9 Å². The van der Waals surface area contributed by atoms with Crippen LogP contribution >= 0.6 is 0 Å². The summed E-state index contributed by atoms with van der Waals surface area (Å²) < 4.78 is 36.0. The Hall–Kier alpha value is -2.95. The summed E-state index contributed by atoms with van der Waals surface area (Å²) in [6.07, 6.45) is 0.401. The van der Waals surface area contributed by atoms with Crippen LogP contribution in [0, 0.1) is 5.92 Å². The van der Waals surface area contributed by atoms with Crippen LogP contribution in [0.25, 0.3) is 0 Å². The van der Waals surface area contributed by atoms with Crippen LogP contribution in [-0.2, 0) is 25.8 Å². The summed E-state index contributed by atoms with van der Waals surface area (Å²) >= 11 is 0. The molecular weight excluding hydrogens is 448 g/mol. The van der Waals surface area contributed by atoms with Gasteiger partial charge in [-0.3, -0.25) is 4.79 Å². The van der Waals surface area contributed by atoms with E-state index in [0.29, 0.717) is 18.5 Å². The molecule has 0 radical (unpaired) electrons. The second-order valence-electron chi connectivity index (χ2n) is 9.05. The maximum atomic E-state index is 12.7. The van der Waals surface area contributed by atoms with Gasteiger partial charge in [-0.05, 0) is 51.2 Å². The molecule has 10 nitrogen and oxygen atoms in total. The van der Waals surface area contributed by atoms with Crippen molar-refractivity contribution in [1.29, 1.82) is 0 Å². The van der Waals surface area contributed by atoms with Gasteiger partial charge in [-0.25, -0.2) is 13.2 Å². The van der Waals surface area contributed by atoms with E-state index in [0.717, 1.165) is 5.56 Å². The average Bonchev–Trinajstić information content (AvgIpc) is 3.17. The first-order valence-corrected chi connectivity index (χ1v) is 12.4. The highest BCUT2D eigenvalue weighted by Gasteiger charge is 2.30. The van der Waals surface area contributed by atoms with Gasteiger partial charge in [0.05, 0.1) is 0 Å². The number of aromatic nitrogens is 2. The lowest BCUT2D eigenvalue weighted by Gasteiger charge is -2.22. The SMILES string of the molecule is CCc1ccccc1NC(=O)CS(=O)(=O)c1nnc(C(CC(C)C)NC(=O)OC(C)(C)C)o1. The zero-order valence-electron chi connectivity index (χ0n) is 19.8. The van der Waals surface area contributed by atoms with Crippen LogP contribution in [0.2, 0.25) is 0 Å². The van der Waals surface area contributed by atoms with Crippen molar-refractivity contribution in [2.24, 2.45) is 5.92 Å². The summed E-state index contributed by atoms with van der Waals surface area (Å²) in [6, 6.07) is 6.39. The van der Waals surface area contributed by atoms with Gasteiger partial charge in [0, 0.05) is 5.69 Å². The van der Waals surface area contributed by atoms with Crippen molar-refractivity contribution in [3.8, 4) is 0 Å². The molecule has 11 heteroatoms. The van der Waals surface area contributed by atoms with Gasteiger partial charge in [0.15, 0.2) is 0 Å². The molecule has 2 amide bonds. The molecule has 0 spiro atoms. The lowest BCUT2D eigenvalue weighted by molar-refractivity contribution is -0.113. The van der Waals surface area contributed by atoms with Crippen molar-refractivity contribution in [3.63, 3.8) is 0 Å². The van der Waals surface area contributed by atoms with E-state index in [1.165, 1.54) is 0 Å². The summed E-state index contributed by atoms with van der Waals surface area (Å²) in [5.74, 6) is -1.53. The highest BCUT2D eigenvalue weighted by molar-refractivity contribution is 7.91. The van der Waals surface area contributed by atoms with E-state index in [9.17, 15) is 18.0 Å². The zero-order chi connectivity index (χ0) is 24.8. The number of nitrogens with one attached hydrogen (secondary N) is 2. The first-order valence-electron chi connectivity index (χ1n) is 10.7. The van der Waals surface area contributed by atoms with E-state index in [-0.39, 0.29) is 11.8 Å². The zero-order valence-corrected chi connectivity index (χ0v) is 20.7. The first-order chi connectivity index (χ1) is 15.3. The van der Waals surface area contributed by atoms with Gasteiger partial charge >= 0.3 is 11.3 Å². The average molecular weight is 481 g/mol. The van der Waals surface area contributed by atoms with E-state index >= 15 is 0 Å². The van der Waals surface area contributed by atoms with Crippen molar-refractivity contribution < 1.29 is 27.2 Å². The molecule has 0 saturated heterocycles.